The zero-order chi connectivity index (χ0) is 9.35. The lowest BCUT2D eigenvalue weighted by atomic mass is 9.87. The fourth-order valence-electron chi connectivity index (χ4n) is 1.12. The maximum Gasteiger partial charge on any atom is 0.100 e. The third kappa shape index (κ3) is 1.63. The monoisotopic (exact) mass is 199 g/mol. The first-order valence-electron chi connectivity index (χ1n) is 3.64. The van der Waals surface area contributed by atoms with Gasteiger partial charge in [0.1, 0.15) is 6.07 Å². The zero-order valence-electron chi connectivity index (χ0n) is 7.31. The average Bonchev–Trinajstić information content (AvgIpc) is 2.29. The SMILES string of the molecule is CC(C)(C)c1c(C#N)csc1Cl. The van der Waals surface area contributed by atoms with Crippen molar-refractivity contribution < 1.29 is 0 Å². The molecule has 1 aromatic heterocycles. The van der Waals surface area contributed by atoms with E-state index in [0.29, 0.717) is 5.56 Å². The molecule has 0 aliphatic carbocycles. The molecule has 0 saturated heterocycles. The van der Waals surface area contributed by atoms with Gasteiger partial charge in [0.25, 0.3) is 0 Å². The van der Waals surface area contributed by atoms with E-state index in [2.05, 4.69) is 26.8 Å². The Morgan fingerprint density at radius 2 is 2.08 bits per heavy atom. The van der Waals surface area contributed by atoms with Crippen molar-refractivity contribution in [1.29, 1.82) is 5.26 Å². The van der Waals surface area contributed by atoms with Crippen LogP contribution < -0.4 is 0 Å². The van der Waals surface area contributed by atoms with Gasteiger partial charge < -0.3 is 0 Å². The number of hydrogen-bond acceptors (Lipinski definition) is 2. The maximum atomic E-state index is 8.79. The Hall–Kier alpha value is -0.520. The molecular formula is C9H10ClNS. The smallest absolute Gasteiger partial charge is 0.100 e. The van der Waals surface area contributed by atoms with Gasteiger partial charge in [0.15, 0.2) is 0 Å². The van der Waals surface area contributed by atoms with Crippen molar-refractivity contribution in [3.8, 4) is 6.07 Å². The molecule has 0 aromatic carbocycles. The van der Waals surface area contributed by atoms with Gasteiger partial charge in [-0.25, -0.2) is 0 Å². The molecule has 3 heteroatoms. The summed E-state index contributed by atoms with van der Waals surface area (Å²) >= 11 is 7.40. The zero-order valence-corrected chi connectivity index (χ0v) is 8.88. The van der Waals surface area contributed by atoms with Gasteiger partial charge in [-0.1, -0.05) is 32.4 Å². The van der Waals surface area contributed by atoms with Crippen LogP contribution in [0.5, 0.6) is 0 Å². The first kappa shape index (κ1) is 9.57. The molecule has 1 aromatic rings. The van der Waals surface area contributed by atoms with Crippen LogP contribution in [0.1, 0.15) is 31.9 Å². The van der Waals surface area contributed by atoms with Crippen molar-refractivity contribution in [3.63, 3.8) is 0 Å². The molecule has 0 N–H and O–H groups in total. The molecule has 12 heavy (non-hydrogen) atoms. The second kappa shape index (κ2) is 3.08. The number of hydrogen-bond donors (Lipinski definition) is 0. The van der Waals surface area contributed by atoms with Crippen LogP contribution in [0.4, 0.5) is 0 Å². The lowest BCUT2D eigenvalue weighted by Crippen LogP contribution is -2.11. The molecule has 0 aliphatic heterocycles. The first-order chi connectivity index (χ1) is 5.46. The van der Waals surface area contributed by atoms with Gasteiger partial charge in [0.05, 0.1) is 9.90 Å². The second-order valence-corrected chi connectivity index (χ2v) is 5.14. The number of halogens is 1. The van der Waals surface area contributed by atoms with Gasteiger partial charge in [0.2, 0.25) is 0 Å². The number of nitriles is 1. The summed E-state index contributed by atoms with van der Waals surface area (Å²) in [5.74, 6) is 0. The van der Waals surface area contributed by atoms with Gasteiger partial charge in [-0.3, -0.25) is 0 Å². The summed E-state index contributed by atoms with van der Waals surface area (Å²) in [7, 11) is 0. The van der Waals surface area contributed by atoms with Crippen LogP contribution >= 0.6 is 22.9 Å². The Labute approximate surface area is 81.6 Å². The highest BCUT2D eigenvalue weighted by Gasteiger charge is 2.22. The molecular weight excluding hydrogens is 190 g/mol. The second-order valence-electron chi connectivity index (χ2n) is 3.66. The lowest BCUT2D eigenvalue weighted by molar-refractivity contribution is 0.591. The van der Waals surface area contributed by atoms with Crippen molar-refractivity contribution in [3.05, 3.63) is 20.8 Å². The van der Waals surface area contributed by atoms with E-state index in [1.807, 2.05) is 5.38 Å². The Morgan fingerprint density at radius 3 is 2.42 bits per heavy atom. The van der Waals surface area contributed by atoms with Gasteiger partial charge in [0, 0.05) is 10.9 Å². The minimum Gasteiger partial charge on any atom is -0.192 e. The number of thiophene rings is 1. The standard InChI is InChI=1S/C9H10ClNS/c1-9(2,3)7-6(4-11)5-12-8(7)10/h5H,1-3H3. The van der Waals surface area contributed by atoms with Crippen molar-refractivity contribution in [2.24, 2.45) is 0 Å². The predicted molar refractivity (Wildman–Crippen MR) is 52.7 cm³/mol. The van der Waals surface area contributed by atoms with Crippen LogP contribution in [0.2, 0.25) is 4.34 Å². The van der Waals surface area contributed by atoms with Crippen LogP contribution in [0.15, 0.2) is 5.38 Å². The highest BCUT2D eigenvalue weighted by Crippen LogP contribution is 2.36. The van der Waals surface area contributed by atoms with E-state index in [1.165, 1.54) is 11.3 Å². The first-order valence-corrected chi connectivity index (χ1v) is 4.90. The van der Waals surface area contributed by atoms with Gasteiger partial charge >= 0.3 is 0 Å². The summed E-state index contributed by atoms with van der Waals surface area (Å²) in [4.78, 5) is 0. The van der Waals surface area contributed by atoms with E-state index in [0.717, 1.165) is 9.90 Å². The largest absolute Gasteiger partial charge is 0.192 e. The van der Waals surface area contributed by atoms with Crippen LogP contribution in [-0.4, -0.2) is 0 Å². The van der Waals surface area contributed by atoms with Crippen molar-refractivity contribution >= 4 is 22.9 Å². The van der Waals surface area contributed by atoms with E-state index in [9.17, 15) is 0 Å². The Morgan fingerprint density at radius 1 is 1.50 bits per heavy atom. The Kier molecular flexibility index (Phi) is 2.46. The summed E-state index contributed by atoms with van der Waals surface area (Å²) in [6.07, 6.45) is 0. The molecule has 1 nitrogen and oxygen atoms in total. The molecule has 0 radical (unpaired) electrons. The molecule has 0 aliphatic rings. The van der Waals surface area contributed by atoms with Crippen molar-refractivity contribution in [2.75, 3.05) is 0 Å². The third-order valence-electron chi connectivity index (χ3n) is 1.62. The van der Waals surface area contributed by atoms with Crippen molar-refractivity contribution in [2.45, 2.75) is 26.2 Å². The maximum absolute atomic E-state index is 8.79. The van der Waals surface area contributed by atoms with E-state index < -0.39 is 0 Å². The lowest BCUT2D eigenvalue weighted by Gasteiger charge is -2.18. The summed E-state index contributed by atoms with van der Waals surface area (Å²) in [5.41, 5.74) is 1.64. The molecule has 1 rings (SSSR count). The number of nitrogens with zero attached hydrogens (tertiary/aromatic N) is 1. The fraction of sp³-hybridized carbons (Fsp3) is 0.444. The van der Waals surface area contributed by atoms with Gasteiger partial charge in [-0.2, -0.15) is 5.26 Å². The highest BCUT2D eigenvalue weighted by atomic mass is 35.5. The van der Waals surface area contributed by atoms with E-state index in [1.54, 1.807) is 0 Å². The molecule has 0 saturated carbocycles. The van der Waals surface area contributed by atoms with Crippen LogP contribution in [0.3, 0.4) is 0 Å². The summed E-state index contributed by atoms with van der Waals surface area (Å²) in [5, 5.41) is 10.6. The van der Waals surface area contributed by atoms with Gasteiger partial charge in [-0.15, -0.1) is 11.3 Å². The Bertz CT molecular complexity index is 327. The molecule has 64 valence electrons. The molecule has 1 heterocycles. The summed E-state index contributed by atoms with van der Waals surface area (Å²) in [6, 6.07) is 2.15. The summed E-state index contributed by atoms with van der Waals surface area (Å²) < 4.78 is 0.735. The minimum atomic E-state index is -0.0395. The van der Waals surface area contributed by atoms with E-state index in [4.69, 9.17) is 16.9 Å². The molecule has 0 bridgehead atoms. The van der Waals surface area contributed by atoms with Gasteiger partial charge in [-0.05, 0) is 5.41 Å². The topological polar surface area (TPSA) is 23.8 Å². The quantitative estimate of drug-likeness (QED) is 0.627. The normalized spacial score (nSPS) is 11.2. The number of rotatable bonds is 0. The summed E-state index contributed by atoms with van der Waals surface area (Å²) in [6.45, 7) is 6.17. The molecule has 0 amide bonds. The molecule has 0 fully saturated rings. The fourth-order valence-corrected chi connectivity index (χ4v) is 2.56. The van der Waals surface area contributed by atoms with Crippen LogP contribution in [0, 0.1) is 11.3 Å². The highest BCUT2D eigenvalue weighted by molar-refractivity contribution is 7.14. The van der Waals surface area contributed by atoms with E-state index in [-0.39, 0.29) is 5.41 Å². The third-order valence-corrected chi connectivity index (χ3v) is 2.84. The van der Waals surface area contributed by atoms with Crippen LogP contribution in [0.25, 0.3) is 0 Å². The molecule has 0 spiro atoms. The molecule has 0 atom stereocenters. The average molecular weight is 200 g/mol. The Balaban J connectivity index is 3.32. The minimum absolute atomic E-state index is 0.0395. The molecule has 0 unspecified atom stereocenters. The van der Waals surface area contributed by atoms with E-state index >= 15 is 0 Å². The van der Waals surface area contributed by atoms with Crippen molar-refractivity contribution in [1.82, 2.24) is 0 Å². The van der Waals surface area contributed by atoms with Crippen LogP contribution in [-0.2, 0) is 5.41 Å². The predicted octanol–water partition coefficient (Wildman–Crippen LogP) is 3.57.